The maximum Gasteiger partial charge on any atom is 0.176 e. The number of rotatable bonds is 5. The second kappa shape index (κ2) is 5.85. The summed E-state index contributed by atoms with van der Waals surface area (Å²) in [4.78, 5) is 0. The first-order valence-electron chi connectivity index (χ1n) is 7.19. The summed E-state index contributed by atoms with van der Waals surface area (Å²) in [6, 6.07) is 8.17. The maximum absolute atomic E-state index is 5.94. The maximum atomic E-state index is 5.94. The van der Waals surface area contributed by atoms with Gasteiger partial charge in [-0.25, -0.2) is 0 Å². The summed E-state index contributed by atoms with van der Waals surface area (Å²) >= 11 is 0. The van der Waals surface area contributed by atoms with Crippen LogP contribution >= 0.6 is 0 Å². The minimum atomic E-state index is 0.163. The van der Waals surface area contributed by atoms with E-state index in [2.05, 4.69) is 18.3 Å². The zero-order valence-electron chi connectivity index (χ0n) is 12.0. The van der Waals surface area contributed by atoms with Gasteiger partial charge in [0, 0.05) is 18.5 Å². The van der Waals surface area contributed by atoms with E-state index in [0.717, 1.165) is 42.1 Å². The molecule has 1 saturated heterocycles. The van der Waals surface area contributed by atoms with Gasteiger partial charge in [-0.05, 0) is 31.9 Å². The number of methoxy groups -OCH3 is 1. The molecular formula is C16H21NO3. The van der Waals surface area contributed by atoms with Gasteiger partial charge in [0.1, 0.15) is 5.76 Å². The van der Waals surface area contributed by atoms with Crippen molar-refractivity contribution in [2.24, 2.45) is 0 Å². The van der Waals surface area contributed by atoms with Crippen LogP contribution < -0.4 is 10.1 Å². The Morgan fingerprint density at radius 2 is 2.35 bits per heavy atom. The Hall–Kier alpha value is -1.52. The number of furan rings is 1. The molecule has 1 aromatic carbocycles. The minimum absolute atomic E-state index is 0.163. The van der Waals surface area contributed by atoms with Gasteiger partial charge in [0.2, 0.25) is 0 Å². The molecule has 108 valence electrons. The van der Waals surface area contributed by atoms with E-state index in [4.69, 9.17) is 13.9 Å². The molecule has 1 aliphatic rings. The van der Waals surface area contributed by atoms with Crippen molar-refractivity contribution in [2.45, 2.75) is 31.9 Å². The van der Waals surface area contributed by atoms with Gasteiger partial charge in [0.15, 0.2) is 11.3 Å². The van der Waals surface area contributed by atoms with Crippen LogP contribution in [0.4, 0.5) is 0 Å². The lowest BCUT2D eigenvalue weighted by Crippen LogP contribution is -2.28. The number of benzene rings is 1. The normalized spacial score (nSPS) is 20.4. The molecule has 0 bridgehead atoms. The average molecular weight is 275 g/mol. The smallest absolute Gasteiger partial charge is 0.176 e. The quantitative estimate of drug-likeness (QED) is 0.909. The SMILES string of the molecule is COc1cccc2cc(C(C)NCC3CCCO3)oc12. The third-order valence-electron chi connectivity index (χ3n) is 3.85. The molecule has 0 spiro atoms. The average Bonchev–Trinajstić information content (AvgIpc) is 3.12. The van der Waals surface area contributed by atoms with Gasteiger partial charge in [0.25, 0.3) is 0 Å². The van der Waals surface area contributed by atoms with Crippen molar-refractivity contribution in [3.05, 3.63) is 30.0 Å². The summed E-state index contributed by atoms with van der Waals surface area (Å²) in [6.07, 6.45) is 2.66. The van der Waals surface area contributed by atoms with Gasteiger partial charge in [-0.2, -0.15) is 0 Å². The molecule has 20 heavy (non-hydrogen) atoms. The van der Waals surface area contributed by atoms with Crippen molar-refractivity contribution < 1.29 is 13.9 Å². The van der Waals surface area contributed by atoms with Gasteiger partial charge in [-0.3, -0.25) is 0 Å². The summed E-state index contributed by atoms with van der Waals surface area (Å²) in [5, 5.41) is 4.55. The minimum Gasteiger partial charge on any atom is -0.493 e. The molecule has 4 nitrogen and oxygen atoms in total. The molecule has 0 amide bonds. The van der Waals surface area contributed by atoms with Crippen LogP contribution in [0.3, 0.4) is 0 Å². The van der Waals surface area contributed by atoms with Gasteiger partial charge in [-0.15, -0.1) is 0 Å². The molecule has 0 aliphatic carbocycles. The number of fused-ring (bicyclic) bond motifs is 1. The third kappa shape index (κ3) is 2.67. The van der Waals surface area contributed by atoms with Gasteiger partial charge < -0.3 is 19.2 Å². The summed E-state index contributed by atoms with van der Waals surface area (Å²) in [7, 11) is 1.66. The number of hydrogen-bond donors (Lipinski definition) is 1. The second-order valence-corrected chi connectivity index (χ2v) is 5.29. The van der Waals surface area contributed by atoms with Crippen LogP contribution in [-0.4, -0.2) is 26.4 Å². The van der Waals surface area contributed by atoms with Crippen molar-refractivity contribution in [1.29, 1.82) is 0 Å². The van der Waals surface area contributed by atoms with Crippen molar-refractivity contribution in [2.75, 3.05) is 20.3 Å². The molecule has 1 aliphatic heterocycles. The van der Waals surface area contributed by atoms with E-state index in [-0.39, 0.29) is 6.04 Å². The van der Waals surface area contributed by atoms with Crippen molar-refractivity contribution in [1.82, 2.24) is 5.32 Å². The zero-order chi connectivity index (χ0) is 13.9. The molecule has 2 unspecified atom stereocenters. The lowest BCUT2D eigenvalue weighted by atomic mass is 10.2. The fourth-order valence-corrected chi connectivity index (χ4v) is 2.64. The predicted octanol–water partition coefficient (Wildman–Crippen LogP) is 3.27. The molecule has 1 N–H and O–H groups in total. The summed E-state index contributed by atoms with van der Waals surface area (Å²) < 4.78 is 16.9. The highest BCUT2D eigenvalue weighted by molar-refractivity contribution is 5.83. The van der Waals surface area contributed by atoms with Crippen molar-refractivity contribution in [3.63, 3.8) is 0 Å². The molecule has 2 heterocycles. The molecule has 1 fully saturated rings. The zero-order valence-corrected chi connectivity index (χ0v) is 12.0. The van der Waals surface area contributed by atoms with E-state index < -0.39 is 0 Å². The molecule has 2 atom stereocenters. The van der Waals surface area contributed by atoms with Crippen molar-refractivity contribution in [3.8, 4) is 5.75 Å². The van der Waals surface area contributed by atoms with Crippen LogP contribution in [-0.2, 0) is 4.74 Å². The number of ether oxygens (including phenoxy) is 2. The summed E-state index contributed by atoms with van der Waals surface area (Å²) in [5.74, 6) is 1.71. The predicted molar refractivity (Wildman–Crippen MR) is 78.2 cm³/mol. The Bertz CT molecular complexity index is 572. The first kappa shape index (κ1) is 13.5. The lowest BCUT2D eigenvalue weighted by Gasteiger charge is -2.15. The van der Waals surface area contributed by atoms with Gasteiger partial charge in [-0.1, -0.05) is 12.1 Å². The monoisotopic (exact) mass is 275 g/mol. The topological polar surface area (TPSA) is 43.6 Å². The Morgan fingerprint density at radius 1 is 1.45 bits per heavy atom. The molecule has 1 aromatic heterocycles. The van der Waals surface area contributed by atoms with Crippen LogP contribution in [0.2, 0.25) is 0 Å². The Morgan fingerprint density at radius 3 is 3.10 bits per heavy atom. The van der Waals surface area contributed by atoms with Gasteiger partial charge in [0.05, 0.1) is 19.3 Å². The number of hydrogen-bond acceptors (Lipinski definition) is 4. The second-order valence-electron chi connectivity index (χ2n) is 5.29. The molecule has 0 saturated carbocycles. The van der Waals surface area contributed by atoms with E-state index in [0.29, 0.717) is 6.10 Å². The Kier molecular flexibility index (Phi) is 3.94. The third-order valence-corrected chi connectivity index (χ3v) is 3.85. The van der Waals surface area contributed by atoms with Crippen LogP contribution in [0.5, 0.6) is 5.75 Å². The van der Waals surface area contributed by atoms with E-state index in [1.165, 1.54) is 6.42 Å². The Balaban J connectivity index is 1.72. The summed E-state index contributed by atoms with van der Waals surface area (Å²) in [6.45, 7) is 3.87. The van der Waals surface area contributed by atoms with E-state index in [1.807, 2.05) is 18.2 Å². The standard InChI is InChI=1S/C16H21NO3/c1-11(17-10-13-6-4-8-19-13)15-9-12-5-3-7-14(18-2)16(12)20-15/h3,5,7,9,11,13,17H,4,6,8,10H2,1-2H3. The Labute approximate surface area is 119 Å². The first-order valence-corrected chi connectivity index (χ1v) is 7.19. The molecule has 0 radical (unpaired) electrons. The fraction of sp³-hybridized carbons (Fsp3) is 0.500. The van der Waals surface area contributed by atoms with Gasteiger partial charge >= 0.3 is 0 Å². The van der Waals surface area contributed by atoms with E-state index in [1.54, 1.807) is 7.11 Å². The van der Waals surface area contributed by atoms with Crippen LogP contribution in [0.1, 0.15) is 31.6 Å². The number of nitrogens with one attached hydrogen (secondary N) is 1. The molecule has 3 rings (SSSR count). The largest absolute Gasteiger partial charge is 0.493 e. The highest BCUT2D eigenvalue weighted by Gasteiger charge is 2.18. The molecule has 4 heteroatoms. The van der Waals surface area contributed by atoms with Crippen LogP contribution in [0, 0.1) is 0 Å². The van der Waals surface area contributed by atoms with Crippen molar-refractivity contribution >= 4 is 11.0 Å². The number of para-hydroxylation sites is 1. The fourth-order valence-electron chi connectivity index (χ4n) is 2.64. The van der Waals surface area contributed by atoms with Crippen LogP contribution in [0.25, 0.3) is 11.0 Å². The lowest BCUT2D eigenvalue weighted by molar-refractivity contribution is 0.107. The van der Waals surface area contributed by atoms with E-state index in [9.17, 15) is 0 Å². The van der Waals surface area contributed by atoms with Crippen LogP contribution in [0.15, 0.2) is 28.7 Å². The highest BCUT2D eigenvalue weighted by Crippen LogP contribution is 2.30. The summed E-state index contributed by atoms with van der Waals surface area (Å²) in [5.41, 5.74) is 0.816. The molecular weight excluding hydrogens is 254 g/mol. The first-order chi connectivity index (χ1) is 9.78. The van der Waals surface area contributed by atoms with E-state index >= 15 is 0 Å². The molecule has 2 aromatic rings. The highest BCUT2D eigenvalue weighted by atomic mass is 16.5.